The lowest BCUT2D eigenvalue weighted by Gasteiger charge is -2.38. The van der Waals surface area contributed by atoms with Crippen molar-refractivity contribution in [2.45, 2.75) is 38.5 Å². The summed E-state index contributed by atoms with van der Waals surface area (Å²) in [5.41, 5.74) is 3.25. The molecule has 6 nitrogen and oxygen atoms in total. The number of rotatable bonds is 5. The zero-order valence-corrected chi connectivity index (χ0v) is 19.2. The molecular weight excluding hydrogens is 424 g/mol. The summed E-state index contributed by atoms with van der Waals surface area (Å²) in [6.07, 6.45) is 1.59. The van der Waals surface area contributed by atoms with Crippen molar-refractivity contribution in [3.8, 4) is 0 Å². The molecule has 0 radical (unpaired) electrons. The maximum Gasteiger partial charge on any atom is 0.251 e. The van der Waals surface area contributed by atoms with Crippen LogP contribution < -0.4 is 0 Å². The molecule has 3 heterocycles. The van der Waals surface area contributed by atoms with Gasteiger partial charge in [-0.15, -0.1) is 0 Å². The molecule has 32 heavy (non-hydrogen) atoms. The van der Waals surface area contributed by atoms with Crippen LogP contribution in [-0.4, -0.2) is 64.1 Å². The van der Waals surface area contributed by atoms with Gasteiger partial charge in [-0.3, -0.25) is 9.69 Å². The van der Waals surface area contributed by atoms with Gasteiger partial charge in [0.05, 0.1) is 17.1 Å². The third-order valence-electron chi connectivity index (χ3n) is 6.68. The summed E-state index contributed by atoms with van der Waals surface area (Å²) in [4.78, 5) is 22.1. The predicted molar refractivity (Wildman–Crippen MR) is 126 cm³/mol. The average molecular weight is 453 g/mol. The van der Waals surface area contributed by atoms with Gasteiger partial charge in [-0.05, 0) is 43.5 Å². The van der Waals surface area contributed by atoms with Gasteiger partial charge in [0.15, 0.2) is 0 Å². The molecule has 0 spiro atoms. The van der Waals surface area contributed by atoms with Gasteiger partial charge in [-0.25, -0.2) is 4.98 Å². The van der Waals surface area contributed by atoms with Crippen molar-refractivity contribution < 1.29 is 9.53 Å². The summed E-state index contributed by atoms with van der Waals surface area (Å²) >= 11 is 6.26. The Morgan fingerprint density at radius 3 is 2.66 bits per heavy atom. The van der Waals surface area contributed by atoms with Crippen LogP contribution in [0.5, 0.6) is 0 Å². The number of halogens is 1. The molecule has 2 aliphatic heterocycles. The number of carbonyl (C=O) groups excluding carboxylic acids is 1. The Bertz CT molecular complexity index is 1090. The zero-order chi connectivity index (χ0) is 22.1. The van der Waals surface area contributed by atoms with Crippen LogP contribution in [0.4, 0.5) is 0 Å². The predicted octanol–water partition coefficient (Wildman–Crippen LogP) is 4.12. The summed E-state index contributed by atoms with van der Waals surface area (Å²) in [7, 11) is 0. The van der Waals surface area contributed by atoms with E-state index in [1.54, 1.807) is 0 Å². The van der Waals surface area contributed by atoms with E-state index in [0.29, 0.717) is 11.6 Å². The minimum atomic E-state index is -0.237. The molecule has 0 aliphatic carbocycles. The molecule has 2 aromatic carbocycles. The molecule has 2 saturated heterocycles. The number of hydrogen-bond donors (Lipinski definition) is 0. The molecule has 0 N–H and O–H groups in total. The number of amides is 1. The second-order valence-corrected chi connectivity index (χ2v) is 9.15. The first-order valence-corrected chi connectivity index (χ1v) is 11.8. The van der Waals surface area contributed by atoms with E-state index in [1.807, 2.05) is 23.1 Å². The quantitative estimate of drug-likeness (QED) is 0.584. The minimum absolute atomic E-state index is 0.130. The lowest BCUT2D eigenvalue weighted by Crippen LogP contribution is -2.52. The molecule has 3 aromatic rings. The van der Waals surface area contributed by atoms with E-state index in [9.17, 15) is 4.79 Å². The largest absolute Gasteiger partial charge is 0.368 e. The maximum atomic E-state index is 12.7. The lowest BCUT2D eigenvalue weighted by molar-refractivity contribution is -0.143. The number of fused-ring (bicyclic) bond motifs is 1. The molecule has 1 aromatic heterocycles. The number of ether oxygens (including phenoxy) is 1. The Kier molecular flexibility index (Phi) is 6.17. The molecule has 0 saturated carbocycles. The number of aromatic nitrogens is 2. The van der Waals surface area contributed by atoms with Gasteiger partial charge in [0.25, 0.3) is 5.91 Å². The minimum Gasteiger partial charge on any atom is -0.368 e. The molecular formula is C25H29ClN4O2. The standard InChI is InChI=1S/C25H29ClN4O2/c1-18(28-11-13-29(14-12-28)25(31)23-8-5-15-32-23)24-27-21-16-20(26)9-10-22(21)30(24)17-19-6-3-2-4-7-19/h2-4,6-7,9-10,16,18,23H,5,8,11-15,17H2,1H3/t18-,23+/m0/s1. The number of piperazine rings is 1. The van der Waals surface area contributed by atoms with Crippen molar-refractivity contribution in [1.82, 2.24) is 19.4 Å². The highest BCUT2D eigenvalue weighted by atomic mass is 35.5. The number of carbonyl (C=O) groups is 1. The Balaban J connectivity index is 1.36. The van der Waals surface area contributed by atoms with Crippen LogP contribution in [0.3, 0.4) is 0 Å². The summed E-state index contributed by atoms with van der Waals surface area (Å²) < 4.78 is 7.90. The van der Waals surface area contributed by atoms with Crippen molar-refractivity contribution in [1.29, 1.82) is 0 Å². The van der Waals surface area contributed by atoms with Crippen molar-refractivity contribution >= 4 is 28.5 Å². The smallest absolute Gasteiger partial charge is 0.251 e. The fourth-order valence-electron chi connectivity index (χ4n) is 4.84. The van der Waals surface area contributed by atoms with Gasteiger partial charge < -0.3 is 14.2 Å². The SMILES string of the molecule is C[C@@H](c1nc2cc(Cl)ccc2n1Cc1ccccc1)N1CCN(C(=O)[C@H]2CCCO2)CC1. The van der Waals surface area contributed by atoms with Gasteiger partial charge >= 0.3 is 0 Å². The molecule has 0 unspecified atom stereocenters. The summed E-state index contributed by atoms with van der Waals surface area (Å²) in [5.74, 6) is 1.19. The van der Waals surface area contributed by atoms with E-state index in [0.717, 1.165) is 62.4 Å². The Labute approximate surface area is 193 Å². The summed E-state index contributed by atoms with van der Waals surface area (Å²) in [6.45, 7) is 6.79. The monoisotopic (exact) mass is 452 g/mol. The second kappa shape index (κ2) is 9.22. The van der Waals surface area contributed by atoms with Crippen LogP contribution in [0.15, 0.2) is 48.5 Å². The normalized spacial score (nSPS) is 20.7. The summed E-state index contributed by atoms with van der Waals surface area (Å²) in [6, 6.07) is 16.5. The number of benzene rings is 2. The van der Waals surface area contributed by atoms with Crippen LogP contribution >= 0.6 is 11.6 Å². The first kappa shape index (κ1) is 21.4. The van der Waals surface area contributed by atoms with E-state index in [2.05, 4.69) is 46.7 Å². The molecule has 168 valence electrons. The maximum absolute atomic E-state index is 12.7. The van der Waals surface area contributed by atoms with Crippen molar-refractivity contribution in [3.05, 3.63) is 64.9 Å². The van der Waals surface area contributed by atoms with Gasteiger partial charge in [0.2, 0.25) is 0 Å². The third-order valence-corrected chi connectivity index (χ3v) is 6.91. The first-order chi connectivity index (χ1) is 15.6. The highest BCUT2D eigenvalue weighted by molar-refractivity contribution is 6.31. The number of imidazole rings is 1. The zero-order valence-electron chi connectivity index (χ0n) is 18.4. The number of hydrogen-bond acceptors (Lipinski definition) is 4. The Morgan fingerprint density at radius 1 is 1.16 bits per heavy atom. The Morgan fingerprint density at radius 2 is 1.94 bits per heavy atom. The van der Waals surface area contributed by atoms with Crippen LogP contribution in [0, 0.1) is 0 Å². The van der Waals surface area contributed by atoms with Crippen molar-refractivity contribution in [3.63, 3.8) is 0 Å². The molecule has 7 heteroatoms. The molecule has 0 bridgehead atoms. The second-order valence-electron chi connectivity index (χ2n) is 8.71. The molecule has 2 aliphatic rings. The van der Waals surface area contributed by atoms with Gasteiger partial charge in [0, 0.05) is 44.4 Å². The molecule has 5 rings (SSSR count). The lowest BCUT2D eigenvalue weighted by atomic mass is 10.1. The van der Waals surface area contributed by atoms with Crippen molar-refractivity contribution in [2.24, 2.45) is 0 Å². The fraction of sp³-hybridized carbons (Fsp3) is 0.440. The average Bonchev–Trinajstić information content (AvgIpc) is 3.47. The van der Waals surface area contributed by atoms with Gasteiger partial charge in [-0.1, -0.05) is 41.9 Å². The van der Waals surface area contributed by atoms with E-state index in [1.165, 1.54) is 5.56 Å². The van der Waals surface area contributed by atoms with E-state index in [4.69, 9.17) is 21.3 Å². The van der Waals surface area contributed by atoms with E-state index in [-0.39, 0.29) is 18.1 Å². The number of nitrogens with zero attached hydrogens (tertiary/aromatic N) is 4. The van der Waals surface area contributed by atoms with E-state index < -0.39 is 0 Å². The van der Waals surface area contributed by atoms with Gasteiger partial charge in [-0.2, -0.15) is 0 Å². The molecule has 2 atom stereocenters. The summed E-state index contributed by atoms with van der Waals surface area (Å²) in [5, 5.41) is 0.697. The van der Waals surface area contributed by atoms with Crippen LogP contribution in [0.2, 0.25) is 5.02 Å². The van der Waals surface area contributed by atoms with Crippen LogP contribution in [0.25, 0.3) is 11.0 Å². The molecule has 2 fully saturated rings. The molecule has 1 amide bonds. The topological polar surface area (TPSA) is 50.6 Å². The van der Waals surface area contributed by atoms with Crippen molar-refractivity contribution in [2.75, 3.05) is 32.8 Å². The highest BCUT2D eigenvalue weighted by Gasteiger charge is 2.32. The van der Waals surface area contributed by atoms with Crippen LogP contribution in [0.1, 0.15) is 37.2 Å². The van der Waals surface area contributed by atoms with E-state index >= 15 is 0 Å². The third kappa shape index (κ3) is 4.27. The first-order valence-electron chi connectivity index (χ1n) is 11.4. The van der Waals surface area contributed by atoms with Crippen LogP contribution in [-0.2, 0) is 16.1 Å². The fourth-order valence-corrected chi connectivity index (χ4v) is 5.01. The highest BCUT2D eigenvalue weighted by Crippen LogP contribution is 2.28. The van der Waals surface area contributed by atoms with Gasteiger partial charge in [0.1, 0.15) is 11.9 Å². The Hall–Kier alpha value is -2.41.